The van der Waals surface area contributed by atoms with Crippen LogP contribution >= 0.6 is 0 Å². The minimum Gasteiger partial charge on any atom is -0.348 e. The third-order valence-electron chi connectivity index (χ3n) is 7.11. The molecule has 2 aliphatic rings. The van der Waals surface area contributed by atoms with E-state index in [1.54, 1.807) is 23.1 Å². The van der Waals surface area contributed by atoms with Gasteiger partial charge in [-0.05, 0) is 42.5 Å². The fraction of sp³-hybridized carbons (Fsp3) is 0.444. The van der Waals surface area contributed by atoms with Crippen molar-refractivity contribution in [3.63, 3.8) is 0 Å². The summed E-state index contributed by atoms with van der Waals surface area (Å²) in [5.74, 6) is -0.609. The zero-order chi connectivity index (χ0) is 24.2. The van der Waals surface area contributed by atoms with Gasteiger partial charge in [0.1, 0.15) is 6.04 Å². The van der Waals surface area contributed by atoms with Crippen molar-refractivity contribution in [3.8, 4) is 0 Å². The van der Waals surface area contributed by atoms with Gasteiger partial charge in [0, 0.05) is 17.6 Å². The Morgan fingerprint density at radius 3 is 2.59 bits per heavy atom. The van der Waals surface area contributed by atoms with Crippen molar-refractivity contribution in [1.82, 2.24) is 5.32 Å². The number of fused-ring (bicyclic) bond motifs is 1. The van der Waals surface area contributed by atoms with Gasteiger partial charge in [-0.1, -0.05) is 63.4 Å². The number of hydrogen-bond donors (Lipinski definition) is 3. The maximum Gasteiger partial charge on any atom is 0.251 e. The molecule has 2 aromatic rings. The van der Waals surface area contributed by atoms with Crippen LogP contribution in [0.1, 0.15) is 61.9 Å². The molecule has 4 unspecified atom stereocenters. The van der Waals surface area contributed by atoms with Crippen molar-refractivity contribution in [2.45, 2.75) is 70.5 Å². The normalized spacial score (nSPS) is 23.0. The lowest BCUT2D eigenvalue weighted by Gasteiger charge is -2.39. The van der Waals surface area contributed by atoms with Gasteiger partial charge < -0.3 is 16.4 Å². The number of rotatable bonds is 6. The summed E-state index contributed by atoms with van der Waals surface area (Å²) in [5, 5.41) is 5.99. The number of anilines is 2. The average Bonchev–Trinajstić information content (AvgIpc) is 2.84. The molecule has 0 radical (unpaired) electrons. The number of amides is 3. The molecule has 7 nitrogen and oxygen atoms in total. The van der Waals surface area contributed by atoms with Gasteiger partial charge >= 0.3 is 0 Å². The molecule has 3 amide bonds. The summed E-state index contributed by atoms with van der Waals surface area (Å²) in [4.78, 5) is 41.2. The number of nitrogens with one attached hydrogen (secondary N) is 2. The van der Waals surface area contributed by atoms with E-state index in [0.29, 0.717) is 16.9 Å². The molecule has 0 aromatic heterocycles. The number of nitrogens with two attached hydrogens (primary N) is 1. The number of carbonyl (C=O) groups is 3. The van der Waals surface area contributed by atoms with E-state index < -0.39 is 6.04 Å². The molecule has 2 aromatic carbocycles. The second-order valence-electron chi connectivity index (χ2n) is 9.51. The largest absolute Gasteiger partial charge is 0.348 e. The summed E-state index contributed by atoms with van der Waals surface area (Å²) >= 11 is 0. The van der Waals surface area contributed by atoms with Gasteiger partial charge in [-0.3, -0.25) is 19.3 Å². The summed E-state index contributed by atoms with van der Waals surface area (Å²) in [7, 11) is 0. The summed E-state index contributed by atoms with van der Waals surface area (Å²) in [6.07, 6.45) is 4.86. The molecule has 1 aliphatic carbocycles. The van der Waals surface area contributed by atoms with Crippen LogP contribution in [0, 0.1) is 5.92 Å². The van der Waals surface area contributed by atoms with Gasteiger partial charge in [-0.15, -0.1) is 0 Å². The van der Waals surface area contributed by atoms with Gasteiger partial charge in [-0.25, -0.2) is 0 Å². The van der Waals surface area contributed by atoms with Crippen LogP contribution in [0.15, 0.2) is 48.5 Å². The van der Waals surface area contributed by atoms with Crippen molar-refractivity contribution >= 4 is 29.1 Å². The van der Waals surface area contributed by atoms with Crippen LogP contribution < -0.4 is 21.3 Å². The van der Waals surface area contributed by atoms with Gasteiger partial charge in [0.2, 0.25) is 11.8 Å². The minimum absolute atomic E-state index is 0.0244. The van der Waals surface area contributed by atoms with Crippen molar-refractivity contribution in [3.05, 3.63) is 59.7 Å². The van der Waals surface area contributed by atoms with Gasteiger partial charge in [-0.2, -0.15) is 0 Å². The Hall–Kier alpha value is -3.19. The smallest absolute Gasteiger partial charge is 0.251 e. The molecule has 0 bridgehead atoms. The molecular formula is C27H34N4O3. The monoisotopic (exact) mass is 462 g/mol. The number of nitrogens with zero attached hydrogens (tertiary/aromatic N) is 1. The van der Waals surface area contributed by atoms with E-state index in [2.05, 4.69) is 10.6 Å². The minimum atomic E-state index is -0.603. The van der Waals surface area contributed by atoms with E-state index in [1.165, 1.54) is 0 Å². The molecule has 1 fully saturated rings. The average molecular weight is 463 g/mol. The summed E-state index contributed by atoms with van der Waals surface area (Å²) in [6, 6.07) is 14.0. The first kappa shape index (κ1) is 24.0. The summed E-state index contributed by atoms with van der Waals surface area (Å²) < 4.78 is 0. The molecule has 0 saturated heterocycles. The maximum absolute atomic E-state index is 13.5. The van der Waals surface area contributed by atoms with Crippen LogP contribution in [0.5, 0.6) is 0 Å². The highest BCUT2D eigenvalue weighted by Crippen LogP contribution is 2.36. The number of hydrogen-bond acceptors (Lipinski definition) is 4. The van der Waals surface area contributed by atoms with Crippen LogP contribution in [-0.4, -0.2) is 35.8 Å². The van der Waals surface area contributed by atoms with Crippen molar-refractivity contribution < 1.29 is 14.4 Å². The van der Waals surface area contributed by atoms with E-state index >= 15 is 0 Å². The zero-order valence-electron chi connectivity index (χ0n) is 19.9. The highest BCUT2D eigenvalue weighted by molar-refractivity contribution is 6.13. The molecular weight excluding hydrogens is 428 g/mol. The lowest BCUT2D eigenvalue weighted by molar-refractivity contribution is -0.124. The first-order chi connectivity index (χ1) is 16.4. The Labute approximate surface area is 201 Å². The van der Waals surface area contributed by atoms with Crippen molar-refractivity contribution in [2.24, 2.45) is 11.7 Å². The second kappa shape index (κ2) is 10.4. The van der Waals surface area contributed by atoms with Gasteiger partial charge in [0.05, 0.1) is 17.8 Å². The third-order valence-corrected chi connectivity index (χ3v) is 7.11. The Balaban J connectivity index is 1.62. The zero-order valence-corrected chi connectivity index (χ0v) is 19.9. The molecule has 1 saturated carbocycles. The molecule has 1 heterocycles. The quantitative estimate of drug-likeness (QED) is 0.610. The van der Waals surface area contributed by atoms with E-state index in [-0.39, 0.29) is 42.1 Å². The molecule has 7 heteroatoms. The van der Waals surface area contributed by atoms with Crippen molar-refractivity contribution in [2.75, 3.05) is 10.2 Å². The number of benzene rings is 2. The Morgan fingerprint density at radius 2 is 1.88 bits per heavy atom. The van der Waals surface area contributed by atoms with Crippen LogP contribution in [0.2, 0.25) is 0 Å². The lowest BCUT2D eigenvalue weighted by atomic mass is 9.90. The predicted octanol–water partition coefficient (Wildman–Crippen LogP) is 3.63. The van der Waals surface area contributed by atoms with Crippen LogP contribution in [-0.2, 0) is 16.0 Å². The highest BCUT2D eigenvalue weighted by Gasteiger charge is 2.39. The SMILES string of the molecule is CCC(C)C1C(=O)Nc2cc(C(=O)NC3CCCCC3N)ccc2N1C(=O)Cc1ccccc1. The standard InChI is InChI=1S/C27H34N4O3/c1-3-17(2)25-27(34)30-22-16-19(26(33)29-21-12-8-7-11-20(21)28)13-14-23(22)31(25)24(32)15-18-9-5-4-6-10-18/h4-6,9-10,13-14,16-17,20-21,25H,3,7-8,11-12,15,28H2,1-2H3,(H,29,33)(H,30,34). The summed E-state index contributed by atoms with van der Waals surface area (Å²) in [5.41, 5.74) is 8.62. The molecule has 4 N–H and O–H groups in total. The van der Waals surface area contributed by atoms with E-state index in [9.17, 15) is 14.4 Å². The van der Waals surface area contributed by atoms with Gasteiger partial charge in [0.25, 0.3) is 5.91 Å². The van der Waals surface area contributed by atoms with Crippen molar-refractivity contribution in [1.29, 1.82) is 0 Å². The first-order valence-electron chi connectivity index (χ1n) is 12.3. The topological polar surface area (TPSA) is 105 Å². The fourth-order valence-corrected chi connectivity index (χ4v) is 4.93. The molecule has 4 rings (SSSR count). The fourth-order valence-electron chi connectivity index (χ4n) is 4.93. The Bertz CT molecular complexity index is 1060. The second-order valence-corrected chi connectivity index (χ2v) is 9.51. The molecule has 4 atom stereocenters. The molecule has 180 valence electrons. The first-order valence-corrected chi connectivity index (χ1v) is 12.3. The molecule has 34 heavy (non-hydrogen) atoms. The van der Waals surface area contributed by atoms with E-state index in [4.69, 9.17) is 5.73 Å². The maximum atomic E-state index is 13.5. The summed E-state index contributed by atoms with van der Waals surface area (Å²) in [6.45, 7) is 3.99. The predicted molar refractivity (Wildman–Crippen MR) is 134 cm³/mol. The van der Waals surface area contributed by atoms with E-state index in [1.807, 2.05) is 44.2 Å². The Kier molecular flexibility index (Phi) is 7.32. The highest BCUT2D eigenvalue weighted by atomic mass is 16.2. The van der Waals surface area contributed by atoms with Crippen LogP contribution in [0.3, 0.4) is 0 Å². The van der Waals surface area contributed by atoms with Crippen LogP contribution in [0.4, 0.5) is 11.4 Å². The third kappa shape index (κ3) is 4.99. The molecule has 1 aliphatic heterocycles. The van der Waals surface area contributed by atoms with Crippen LogP contribution in [0.25, 0.3) is 0 Å². The lowest BCUT2D eigenvalue weighted by Crippen LogP contribution is -2.54. The molecule has 0 spiro atoms. The Morgan fingerprint density at radius 1 is 1.15 bits per heavy atom. The van der Waals surface area contributed by atoms with E-state index in [0.717, 1.165) is 37.7 Å². The van der Waals surface area contributed by atoms with Gasteiger partial charge in [0.15, 0.2) is 0 Å². The number of carbonyl (C=O) groups excluding carboxylic acids is 3.